The molecule has 0 spiro atoms. The second-order valence-electron chi connectivity index (χ2n) is 36.9. The smallest absolute Gasteiger partial charge is 0.258 e. The zero-order chi connectivity index (χ0) is 91.7. The molecule has 133 heavy (non-hydrogen) atoms. The van der Waals surface area contributed by atoms with Gasteiger partial charge in [-0.15, -0.1) is 0 Å². The number of fused-ring (bicyclic) bond motifs is 8. The minimum atomic E-state index is -0.109. The number of pyridine rings is 5. The SMILES string of the molecule is CCc1cc(-c2cc(=O)n3cc(N4CCN(CCO)CC4)ccc3n2)cn2cc(C)nc12.CCc1nc(C)cn2nc(-c3cc(=O)n4cc(N5CCN(C6CC6)[C@H](C)C5)ccc4n3)cc12.CCc1nc(C)cn2nc(-c3cc(=O)n4cc(N5CCN(C6CCC6)[C@H](C)C5)ccc4n3)cc12.CCc1nc(C)cn2nc(-c3cc(=O)n4cc(N5CCN(C6COC6)[C@H](C)C5)ccc4n3)cc12. The van der Waals surface area contributed by atoms with Crippen LogP contribution in [0.4, 0.5) is 22.7 Å². The number of ether oxygens (including phenoxy) is 1. The Kier molecular flexibility index (Phi) is 24.3. The van der Waals surface area contributed by atoms with E-state index < -0.39 is 0 Å². The van der Waals surface area contributed by atoms with Crippen LogP contribution in [0.25, 0.3) is 90.2 Å². The third-order valence-corrected chi connectivity index (χ3v) is 27.7. The standard InChI is InChI=1S/C26H31N7O.C25H29N7O2.C25H29N7O.C24H28N6O2/c1-4-21-24-12-23(29-33(24)14-17(2)27-21)22-13-26(34)32-16-20(8-9-25(32)28-22)30-10-11-31(18(3)15-30)19-6-5-7-19;1-4-20-23-9-22(28-32(23)11-16(2)26-20)21-10-25(33)31-13-18(5-6-24(31)27-21)29-7-8-30(17(3)12-29)19-14-34-15-19;1-4-20-23-11-22(28-32(23)13-16(2)26-20)21-12-25(33)31-15-19(7-8-24(31)27-21)29-9-10-30(17(3)14-29)18-5-6-18;1-3-18-12-19(15-29-14-17(2)25-24(18)29)21-13-23(32)30-16-20(4-5-22(30)26-21)28-8-6-27(7-9-28)10-11-31/h8-9,12-14,16,18-19H,4-7,10-11,15H2,1-3H3;5-6,9-11,13,17,19H,4,7-8,12,14-15H2,1-3H3;7-8,11-13,15,17-18H,4-6,9-10,14H2,1-3H3;4-5,12-16,31H,3,6-11H2,1-2H3/t18-;2*17-;/m111./s1. The van der Waals surface area contributed by atoms with Gasteiger partial charge in [0.2, 0.25) is 0 Å². The van der Waals surface area contributed by atoms with Crippen LogP contribution in [-0.2, 0) is 30.4 Å². The minimum Gasteiger partial charge on any atom is -0.395 e. The fraction of sp³-hybridized carbons (Fsp3) is 0.430. The number of hydrogen-bond acceptors (Lipinski definition) is 25. The number of aliphatic hydroxyl groups is 1. The van der Waals surface area contributed by atoms with Gasteiger partial charge in [0, 0.05) is 189 Å². The van der Waals surface area contributed by atoms with Gasteiger partial charge in [-0.1, -0.05) is 34.1 Å². The molecule has 0 bridgehead atoms. The van der Waals surface area contributed by atoms with Crippen LogP contribution in [0.15, 0.2) is 172 Å². The van der Waals surface area contributed by atoms with Crippen molar-refractivity contribution in [3.05, 3.63) is 240 Å². The highest BCUT2D eigenvalue weighted by atomic mass is 16.5. The van der Waals surface area contributed by atoms with Crippen LogP contribution in [0, 0.1) is 27.7 Å². The third kappa shape index (κ3) is 17.8. The molecule has 0 aromatic carbocycles. The quantitative estimate of drug-likeness (QED) is 0.0885. The molecule has 23 rings (SSSR count). The highest BCUT2D eigenvalue weighted by molar-refractivity contribution is 5.72. The van der Waals surface area contributed by atoms with Gasteiger partial charge in [-0.25, -0.2) is 38.5 Å². The number of nitrogens with zero attached hydrogens (tertiary/aromatic N) is 27. The van der Waals surface area contributed by atoms with Gasteiger partial charge in [0.05, 0.1) is 146 Å². The van der Waals surface area contributed by atoms with E-state index in [0.29, 0.717) is 93.2 Å². The van der Waals surface area contributed by atoms with Crippen molar-refractivity contribution >= 4 is 67.5 Å². The second-order valence-corrected chi connectivity index (χ2v) is 36.9. The predicted molar refractivity (Wildman–Crippen MR) is 519 cm³/mol. The van der Waals surface area contributed by atoms with Gasteiger partial charge < -0.3 is 33.8 Å². The number of aromatic nitrogens is 19. The normalized spacial score (nSPS) is 18.6. The van der Waals surface area contributed by atoms with Crippen LogP contribution in [-0.4, -0.2) is 263 Å². The molecule has 3 atom stereocenters. The summed E-state index contributed by atoms with van der Waals surface area (Å²) in [5.41, 5.74) is 23.3. The number of aryl methyl sites for hydroxylation is 8. The fourth-order valence-corrected chi connectivity index (χ4v) is 20.2. The molecule has 33 nitrogen and oxygen atoms in total. The first-order valence-corrected chi connectivity index (χ1v) is 47.4. The molecule has 7 aliphatic rings. The number of anilines is 4. The average Bonchev–Trinajstić information content (AvgIpc) is 1.73. The number of rotatable bonds is 17. The van der Waals surface area contributed by atoms with E-state index in [-0.39, 0.29) is 28.8 Å². The predicted octanol–water partition coefficient (Wildman–Crippen LogP) is 10.5. The lowest BCUT2D eigenvalue weighted by Gasteiger charge is -2.47. The average molecular weight is 1790 g/mol. The summed E-state index contributed by atoms with van der Waals surface area (Å²) in [6, 6.07) is 33.9. The van der Waals surface area contributed by atoms with Crippen molar-refractivity contribution < 1.29 is 9.84 Å². The molecule has 21 heterocycles. The lowest BCUT2D eigenvalue weighted by atomic mass is 9.89. The highest BCUT2D eigenvalue weighted by Crippen LogP contribution is 2.35. The van der Waals surface area contributed by atoms with Crippen molar-refractivity contribution in [3.63, 3.8) is 0 Å². The summed E-state index contributed by atoms with van der Waals surface area (Å²) < 4.78 is 19.5. The Morgan fingerprint density at radius 1 is 0.361 bits per heavy atom. The Hall–Kier alpha value is -13.1. The molecule has 0 amide bonds. The molecule has 688 valence electrons. The molecule has 33 heteroatoms. The molecule has 0 radical (unpaired) electrons. The van der Waals surface area contributed by atoms with E-state index in [2.05, 4.69) is 147 Å². The van der Waals surface area contributed by atoms with Crippen molar-refractivity contribution in [1.29, 1.82) is 0 Å². The number of imidazole rings is 1. The summed E-state index contributed by atoms with van der Waals surface area (Å²) in [4.78, 5) is 109. The van der Waals surface area contributed by atoms with Crippen molar-refractivity contribution in [3.8, 4) is 45.4 Å². The zero-order valence-corrected chi connectivity index (χ0v) is 77.8. The number of hydrogen-bond donors (Lipinski definition) is 1. The van der Waals surface area contributed by atoms with E-state index >= 15 is 0 Å². The van der Waals surface area contributed by atoms with E-state index in [1.165, 1.54) is 32.1 Å². The number of β-amino-alcohol motifs (C(OH)–C–C–N with tert-alkyl or cyclic N) is 1. The largest absolute Gasteiger partial charge is 0.395 e. The highest BCUT2D eigenvalue weighted by Gasteiger charge is 2.38. The van der Waals surface area contributed by atoms with Gasteiger partial charge in [-0.2, -0.15) is 15.3 Å². The number of aliphatic hydroxyl groups excluding tert-OH is 1. The topological polar surface area (TPSA) is 301 Å². The summed E-state index contributed by atoms with van der Waals surface area (Å²) in [5.74, 6) is 0. The molecule has 2 aliphatic carbocycles. The third-order valence-electron chi connectivity index (χ3n) is 27.7. The Morgan fingerprint density at radius 2 is 0.722 bits per heavy atom. The molecule has 5 aliphatic heterocycles. The summed E-state index contributed by atoms with van der Waals surface area (Å²) in [6.45, 7) is 38.2. The van der Waals surface area contributed by atoms with E-state index in [1.54, 1.807) is 41.9 Å². The Bertz CT molecular complexity index is 7130. The van der Waals surface area contributed by atoms with Crippen LogP contribution >= 0.6 is 0 Å². The van der Waals surface area contributed by atoms with Gasteiger partial charge in [0.25, 0.3) is 22.2 Å². The molecular formula is C100H117N27O6. The Labute approximate surface area is 769 Å². The summed E-state index contributed by atoms with van der Waals surface area (Å²) in [7, 11) is 0. The molecule has 1 N–H and O–H groups in total. The van der Waals surface area contributed by atoms with Crippen LogP contribution in [0.1, 0.15) is 126 Å². The van der Waals surface area contributed by atoms with Crippen LogP contribution < -0.4 is 41.8 Å². The lowest BCUT2D eigenvalue weighted by molar-refractivity contribution is -0.0792. The van der Waals surface area contributed by atoms with Gasteiger partial charge in [-0.3, -0.25) is 71.3 Å². The molecule has 7 fully saturated rings. The van der Waals surface area contributed by atoms with Crippen molar-refractivity contribution in [1.82, 2.24) is 110 Å². The van der Waals surface area contributed by atoms with Crippen molar-refractivity contribution in [2.45, 2.75) is 170 Å². The summed E-state index contributed by atoms with van der Waals surface area (Å²) in [5, 5.41) is 23.2. The van der Waals surface area contributed by atoms with Crippen LogP contribution in [0.2, 0.25) is 0 Å². The Balaban J connectivity index is 0.000000110. The Morgan fingerprint density at radius 3 is 1.07 bits per heavy atom. The fourth-order valence-electron chi connectivity index (χ4n) is 20.2. The first-order chi connectivity index (χ1) is 64.5. The van der Waals surface area contributed by atoms with E-state index in [1.807, 2.05) is 150 Å². The second kappa shape index (κ2) is 36.8. The maximum atomic E-state index is 13.1. The van der Waals surface area contributed by atoms with E-state index in [9.17, 15) is 19.2 Å². The van der Waals surface area contributed by atoms with E-state index in [0.717, 1.165) is 232 Å². The van der Waals surface area contributed by atoms with Gasteiger partial charge >= 0.3 is 0 Å². The van der Waals surface area contributed by atoms with E-state index in [4.69, 9.17) is 29.8 Å². The molecule has 16 aromatic rings. The van der Waals surface area contributed by atoms with Crippen molar-refractivity contribution in [2.24, 2.45) is 0 Å². The summed E-state index contributed by atoms with van der Waals surface area (Å²) in [6.07, 6.45) is 27.4. The molecule has 5 saturated heterocycles. The van der Waals surface area contributed by atoms with Gasteiger partial charge in [0.1, 0.15) is 45.3 Å². The summed E-state index contributed by atoms with van der Waals surface area (Å²) >= 11 is 0. The minimum absolute atomic E-state index is 0.0919. The van der Waals surface area contributed by atoms with Crippen LogP contribution in [0.5, 0.6) is 0 Å². The van der Waals surface area contributed by atoms with Crippen molar-refractivity contribution in [2.75, 3.05) is 131 Å². The first-order valence-electron chi connectivity index (χ1n) is 47.4. The molecule has 2 saturated carbocycles. The van der Waals surface area contributed by atoms with Gasteiger partial charge in [-0.05, 0) is 178 Å². The maximum absolute atomic E-state index is 13.1. The monoisotopic (exact) mass is 1790 g/mol. The zero-order valence-electron chi connectivity index (χ0n) is 77.8. The first kappa shape index (κ1) is 87.9. The number of piperazine rings is 4. The van der Waals surface area contributed by atoms with Gasteiger partial charge in [0.15, 0.2) is 0 Å². The lowest BCUT2D eigenvalue weighted by Crippen LogP contribution is -2.60. The molecule has 0 unspecified atom stereocenters. The maximum Gasteiger partial charge on any atom is 0.258 e. The molecular weight excluding hydrogens is 1680 g/mol. The molecule has 16 aromatic heterocycles. The van der Waals surface area contributed by atoms with Crippen LogP contribution in [0.3, 0.4) is 0 Å².